The number of aromatic nitrogens is 1. The van der Waals surface area contributed by atoms with Crippen molar-refractivity contribution in [1.82, 2.24) is 4.40 Å². The Morgan fingerprint density at radius 1 is 1.50 bits per heavy atom. The van der Waals surface area contributed by atoms with Gasteiger partial charge in [0, 0.05) is 6.20 Å². The summed E-state index contributed by atoms with van der Waals surface area (Å²) >= 11 is 0. The van der Waals surface area contributed by atoms with Crippen molar-refractivity contribution in [3.05, 3.63) is 51.7 Å². The summed E-state index contributed by atoms with van der Waals surface area (Å²) in [5, 5.41) is 0. The molecule has 0 spiro atoms. The first-order chi connectivity index (χ1) is 8.56. The Bertz CT molecular complexity index is 676. The maximum atomic E-state index is 13.9. The number of fused-ring (bicyclic) bond motifs is 1. The second kappa shape index (κ2) is 4.60. The predicted molar refractivity (Wildman–Crippen MR) is 64.3 cm³/mol. The Hall–Kier alpha value is -2.17. The second-order valence-corrected chi connectivity index (χ2v) is 3.84. The van der Waals surface area contributed by atoms with Gasteiger partial charge in [-0.3, -0.25) is 9.20 Å². The van der Waals surface area contributed by atoms with E-state index in [4.69, 9.17) is 4.74 Å². The highest BCUT2D eigenvalue weighted by Gasteiger charge is 2.17. The minimum atomic E-state index is -0.808. The molecule has 2 aromatic heterocycles. The zero-order chi connectivity index (χ0) is 13.3. The molecule has 2 heterocycles. The zero-order valence-electron chi connectivity index (χ0n) is 10.1. The van der Waals surface area contributed by atoms with E-state index in [0.717, 1.165) is 10.5 Å². The number of carbonyl (C=O) groups is 1. The molecular formula is C13H12FNO3. The van der Waals surface area contributed by atoms with Gasteiger partial charge in [0.1, 0.15) is 11.4 Å². The molecule has 0 aliphatic heterocycles. The molecule has 4 nitrogen and oxygen atoms in total. The second-order valence-electron chi connectivity index (χ2n) is 3.84. The fourth-order valence-electron chi connectivity index (χ4n) is 1.83. The van der Waals surface area contributed by atoms with Crippen LogP contribution in [-0.2, 0) is 4.74 Å². The summed E-state index contributed by atoms with van der Waals surface area (Å²) in [6.45, 7) is 3.45. The molecule has 0 radical (unpaired) electrons. The van der Waals surface area contributed by atoms with Crippen LogP contribution >= 0.6 is 0 Å². The van der Waals surface area contributed by atoms with Crippen LogP contribution in [0.25, 0.3) is 5.52 Å². The molecule has 0 bridgehead atoms. The highest BCUT2D eigenvalue weighted by Crippen LogP contribution is 2.13. The van der Waals surface area contributed by atoms with Crippen molar-refractivity contribution >= 4 is 11.5 Å². The Labute approximate surface area is 103 Å². The summed E-state index contributed by atoms with van der Waals surface area (Å²) < 4.78 is 19.8. The molecule has 2 aromatic rings. The first-order valence-corrected chi connectivity index (χ1v) is 5.54. The Balaban J connectivity index is 2.78. The number of esters is 1. The van der Waals surface area contributed by atoms with Gasteiger partial charge in [-0.05, 0) is 31.5 Å². The lowest BCUT2D eigenvalue weighted by Gasteiger charge is -2.07. The minimum absolute atomic E-state index is 0.135. The molecule has 0 aliphatic rings. The average Bonchev–Trinajstić information content (AvgIpc) is 2.33. The molecule has 0 amide bonds. The summed E-state index contributed by atoms with van der Waals surface area (Å²) in [4.78, 5) is 23.6. The lowest BCUT2D eigenvalue weighted by molar-refractivity contribution is 0.0523. The van der Waals surface area contributed by atoms with Crippen LogP contribution < -0.4 is 5.56 Å². The molecule has 0 atom stereocenters. The first-order valence-electron chi connectivity index (χ1n) is 5.54. The number of ether oxygens (including phenoxy) is 1. The van der Waals surface area contributed by atoms with E-state index >= 15 is 0 Å². The summed E-state index contributed by atoms with van der Waals surface area (Å²) in [7, 11) is 0. The monoisotopic (exact) mass is 249 g/mol. The van der Waals surface area contributed by atoms with Crippen molar-refractivity contribution in [2.45, 2.75) is 13.8 Å². The molecule has 0 saturated carbocycles. The molecule has 94 valence electrons. The van der Waals surface area contributed by atoms with Crippen LogP contribution in [0.5, 0.6) is 0 Å². The van der Waals surface area contributed by atoms with Gasteiger partial charge in [-0.1, -0.05) is 6.07 Å². The largest absolute Gasteiger partial charge is 0.462 e. The fraction of sp³-hybridized carbons (Fsp3) is 0.231. The van der Waals surface area contributed by atoms with E-state index < -0.39 is 17.3 Å². The molecule has 0 unspecified atom stereocenters. The lowest BCUT2D eigenvalue weighted by Crippen LogP contribution is -2.24. The van der Waals surface area contributed by atoms with Gasteiger partial charge in [0.2, 0.25) is 0 Å². The SMILES string of the molecule is CCOC(=O)c1cc(F)c2c(C)cccn2c1=O. The Morgan fingerprint density at radius 3 is 2.89 bits per heavy atom. The molecule has 5 heteroatoms. The van der Waals surface area contributed by atoms with Crippen LogP contribution in [0, 0.1) is 12.7 Å². The first kappa shape index (κ1) is 12.3. The number of aryl methyl sites for hydroxylation is 1. The van der Waals surface area contributed by atoms with Crippen LogP contribution in [0.4, 0.5) is 4.39 Å². The molecule has 0 fully saturated rings. The maximum Gasteiger partial charge on any atom is 0.343 e. The number of nitrogens with zero attached hydrogens (tertiary/aromatic N) is 1. The Kier molecular flexibility index (Phi) is 3.14. The summed E-state index contributed by atoms with van der Waals surface area (Å²) in [6, 6.07) is 4.25. The van der Waals surface area contributed by atoms with E-state index in [1.807, 2.05) is 0 Å². The van der Waals surface area contributed by atoms with E-state index in [1.165, 1.54) is 6.20 Å². The van der Waals surface area contributed by atoms with Crippen LogP contribution in [-0.4, -0.2) is 17.0 Å². The van der Waals surface area contributed by atoms with Gasteiger partial charge in [-0.15, -0.1) is 0 Å². The van der Waals surface area contributed by atoms with E-state index in [9.17, 15) is 14.0 Å². The molecule has 0 aliphatic carbocycles. The van der Waals surface area contributed by atoms with Gasteiger partial charge >= 0.3 is 5.97 Å². The summed E-state index contributed by atoms with van der Waals surface area (Å²) in [5.41, 5.74) is -0.0657. The van der Waals surface area contributed by atoms with Crippen molar-refractivity contribution in [3.63, 3.8) is 0 Å². The van der Waals surface area contributed by atoms with Crippen molar-refractivity contribution in [3.8, 4) is 0 Å². The standard InChI is InChI=1S/C13H12FNO3/c1-3-18-13(17)9-7-10(14)11-8(2)5-4-6-15(11)12(9)16/h4-7H,3H2,1-2H3. The van der Waals surface area contributed by atoms with E-state index in [1.54, 1.807) is 26.0 Å². The lowest BCUT2D eigenvalue weighted by atomic mass is 10.2. The van der Waals surface area contributed by atoms with E-state index in [2.05, 4.69) is 0 Å². The van der Waals surface area contributed by atoms with E-state index in [0.29, 0.717) is 5.56 Å². The highest BCUT2D eigenvalue weighted by atomic mass is 19.1. The van der Waals surface area contributed by atoms with Gasteiger partial charge in [0.25, 0.3) is 5.56 Å². The maximum absolute atomic E-state index is 13.9. The smallest absolute Gasteiger partial charge is 0.343 e. The average molecular weight is 249 g/mol. The summed E-state index contributed by atoms with van der Waals surface area (Å²) in [6.07, 6.45) is 1.43. The normalized spacial score (nSPS) is 10.6. The van der Waals surface area contributed by atoms with Crippen molar-refractivity contribution < 1.29 is 13.9 Å². The molecule has 2 rings (SSSR count). The number of hydrogen-bond donors (Lipinski definition) is 0. The number of rotatable bonds is 2. The molecule has 0 N–H and O–H groups in total. The highest BCUT2D eigenvalue weighted by molar-refractivity contribution is 5.89. The van der Waals surface area contributed by atoms with Crippen LogP contribution in [0.3, 0.4) is 0 Å². The third-order valence-corrected chi connectivity index (χ3v) is 2.64. The minimum Gasteiger partial charge on any atom is -0.462 e. The van der Waals surface area contributed by atoms with Crippen LogP contribution in [0.15, 0.2) is 29.2 Å². The van der Waals surface area contributed by atoms with Crippen molar-refractivity contribution in [2.75, 3.05) is 6.61 Å². The molecule has 0 aromatic carbocycles. The van der Waals surface area contributed by atoms with Gasteiger partial charge < -0.3 is 4.74 Å². The number of pyridine rings is 2. The predicted octanol–water partition coefficient (Wildman–Crippen LogP) is 1.92. The topological polar surface area (TPSA) is 47.8 Å². The molecule has 0 saturated heterocycles. The van der Waals surface area contributed by atoms with Gasteiger partial charge in [-0.2, -0.15) is 0 Å². The third kappa shape index (κ3) is 1.88. The quantitative estimate of drug-likeness (QED) is 0.764. The number of halogens is 1. The Morgan fingerprint density at radius 2 is 2.22 bits per heavy atom. The van der Waals surface area contributed by atoms with Crippen molar-refractivity contribution in [2.24, 2.45) is 0 Å². The fourth-order valence-corrected chi connectivity index (χ4v) is 1.83. The molecule has 18 heavy (non-hydrogen) atoms. The van der Waals surface area contributed by atoms with Crippen LogP contribution in [0.2, 0.25) is 0 Å². The van der Waals surface area contributed by atoms with Gasteiger partial charge in [0.05, 0.1) is 12.1 Å². The third-order valence-electron chi connectivity index (χ3n) is 2.64. The number of carbonyl (C=O) groups excluding carboxylic acids is 1. The van der Waals surface area contributed by atoms with Gasteiger partial charge in [-0.25, -0.2) is 9.18 Å². The summed E-state index contributed by atoms with van der Waals surface area (Å²) in [5.74, 6) is -1.42. The van der Waals surface area contributed by atoms with Gasteiger partial charge in [0.15, 0.2) is 0 Å². The zero-order valence-corrected chi connectivity index (χ0v) is 10.1. The van der Waals surface area contributed by atoms with Crippen LogP contribution in [0.1, 0.15) is 22.8 Å². The van der Waals surface area contributed by atoms with Crippen molar-refractivity contribution in [1.29, 1.82) is 0 Å². The molecular weight excluding hydrogens is 237 g/mol. The number of hydrogen-bond acceptors (Lipinski definition) is 3. The van der Waals surface area contributed by atoms with E-state index in [-0.39, 0.29) is 17.7 Å².